The average molecular weight is 403 g/mol. The number of alkyl halides is 3. The van der Waals surface area contributed by atoms with E-state index in [0.29, 0.717) is 0 Å². The molecule has 1 amide bonds. The first-order valence-electron chi connectivity index (χ1n) is 9.06. The quantitative estimate of drug-likeness (QED) is 0.757. The molecule has 7 heteroatoms. The molecular formula is C22H20F3NO3. The molecule has 1 aliphatic rings. The molecule has 0 saturated carbocycles. The van der Waals surface area contributed by atoms with E-state index in [2.05, 4.69) is 5.32 Å². The van der Waals surface area contributed by atoms with Crippen molar-refractivity contribution in [2.45, 2.75) is 39.0 Å². The number of rotatable bonds is 4. The lowest BCUT2D eigenvalue weighted by atomic mass is 9.82. The first kappa shape index (κ1) is 20.6. The summed E-state index contributed by atoms with van der Waals surface area (Å²) >= 11 is 0. The number of aryl methyl sites for hydroxylation is 1. The molecule has 0 aromatic heterocycles. The van der Waals surface area contributed by atoms with Crippen molar-refractivity contribution in [1.82, 2.24) is 5.32 Å². The summed E-state index contributed by atoms with van der Waals surface area (Å²) in [6, 6.07) is 12.3. The highest BCUT2D eigenvalue weighted by Crippen LogP contribution is 2.41. The fraction of sp³-hybridized carbons (Fsp3) is 0.273. The van der Waals surface area contributed by atoms with Crippen LogP contribution in [0.5, 0.6) is 0 Å². The van der Waals surface area contributed by atoms with E-state index >= 15 is 0 Å². The summed E-state index contributed by atoms with van der Waals surface area (Å²) in [6.07, 6.45) is -4.87. The van der Waals surface area contributed by atoms with Gasteiger partial charge >= 0.3 is 12.1 Å². The summed E-state index contributed by atoms with van der Waals surface area (Å²) in [5.74, 6) is -2.23. The highest BCUT2D eigenvalue weighted by Gasteiger charge is 2.40. The van der Waals surface area contributed by atoms with Gasteiger partial charge in [0, 0.05) is 18.0 Å². The molecule has 0 aliphatic carbocycles. The van der Waals surface area contributed by atoms with Crippen molar-refractivity contribution in [1.29, 1.82) is 0 Å². The Morgan fingerprint density at radius 2 is 1.76 bits per heavy atom. The van der Waals surface area contributed by atoms with E-state index in [1.807, 2.05) is 31.2 Å². The number of amides is 1. The number of carbonyl (C=O) groups excluding carboxylic acids is 2. The maximum atomic E-state index is 13.5. The van der Waals surface area contributed by atoms with E-state index in [0.717, 1.165) is 17.2 Å². The summed E-state index contributed by atoms with van der Waals surface area (Å²) < 4.78 is 45.8. The maximum absolute atomic E-state index is 13.5. The molecular weight excluding hydrogens is 383 g/mol. The largest absolute Gasteiger partial charge is 0.457 e. The van der Waals surface area contributed by atoms with Crippen LogP contribution in [0, 0.1) is 6.92 Å². The minimum absolute atomic E-state index is 0.0164. The summed E-state index contributed by atoms with van der Waals surface area (Å²) in [6.45, 7) is 3.40. The van der Waals surface area contributed by atoms with E-state index < -0.39 is 29.5 Å². The second-order valence-electron chi connectivity index (χ2n) is 6.99. The minimum atomic E-state index is -4.60. The van der Waals surface area contributed by atoms with E-state index in [-0.39, 0.29) is 29.9 Å². The third-order valence-electron chi connectivity index (χ3n) is 4.82. The molecule has 0 bridgehead atoms. The topological polar surface area (TPSA) is 55.4 Å². The van der Waals surface area contributed by atoms with Crippen molar-refractivity contribution in [2.75, 3.05) is 0 Å². The number of ether oxygens (including phenoxy) is 1. The number of esters is 1. The number of hydrogen-bond donors (Lipinski definition) is 1. The monoisotopic (exact) mass is 403 g/mol. The summed E-state index contributed by atoms with van der Waals surface area (Å²) in [5.41, 5.74) is 1.07. The van der Waals surface area contributed by atoms with Crippen LogP contribution in [0.15, 0.2) is 59.8 Å². The van der Waals surface area contributed by atoms with Crippen LogP contribution in [0.2, 0.25) is 0 Å². The number of nitrogens with one attached hydrogen (secondary N) is 1. The number of hydrogen-bond acceptors (Lipinski definition) is 3. The molecule has 152 valence electrons. The third kappa shape index (κ3) is 4.67. The second-order valence-corrected chi connectivity index (χ2v) is 6.99. The maximum Gasteiger partial charge on any atom is 0.416 e. The van der Waals surface area contributed by atoms with Gasteiger partial charge in [-0.15, -0.1) is 0 Å². The van der Waals surface area contributed by atoms with Crippen LogP contribution in [-0.2, 0) is 27.1 Å². The molecule has 2 aromatic carbocycles. The number of allylic oxidation sites excluding steroid dienone is 1. The van der Waals surface area contributed by atoms with Crippen LogP contribution in [-0.4, -0.2) is 11.9 Å². The van der Waals surface area contributed by atoms with Crippen molar-refractivity contribution < 1.29 is 27.5 Å². The van der Waals surface area contributed by atoms with Crippen molar-refractivity contribution in [2.24, 2.45) is 0 Å². The van der Waals surface area contributed by atoms with Gasteiger partial charge in [0.15, 0.2) is 0 Å². The first-order valence-corrected chi connectivity index (χ1v) is 9.06. The Morgan fingerprint density at radius 3 is 2.41 bits per heavy atom. The van der Waals surface area contributed by atoms with Gasteiger partial charge in [0.1, 0.15) is 6.61 Å². The normalized spacial score (nSPS) is 17.1. The van der Waals surface area contributed by atoms with E-state index in [9.17, 15) is 22.8 Å². The van der Waals surface area contributed by atoms with Gasteiger partial charge in [-0.05, 0) is 31.0 Å². The van der Waals surface area contributed by atoms with Gasteiger partial charge in [-0.2, -0.15) is 13.2 Å². The van der Waals surface area contributed by atoms with E-state index in [1.165, 1.54) is 25.1 Å². The highest BCUT2D eigenvalue weighted by molar-refractivity contribution is 5.96. The Bertz CT molecular complexity index is 962. The molecule has 3 rings (SSSR count). The fourth-order valence-electron chi connectivity index (χ4n) is 3.41. The molecule has 1 N–H and O–H groups in total. The number of halogens is 3. The Kier molecular flexibility index (Phi) is 5.77. The van der Waals surface area contributed by atoms with Gasteiger partial charge in [-0.25, -0.2) is 4.79 Å². The molecule has 0 fully saturated rings. The molecule has 1 aliphatic heterocycles. The first-order chi connectivity index (χ1) is 13.7. The summed E-state index contributed by atoms with van der Waals surface area (Å²) in [7, 11) is 0. The Balaban J connectivity index is 1.92. The van der Waals surface area contributed by atoms with Crippen LogP contribution in [0.4, 0.5) is 13.2 Å². The molecule has 0 saturated heterocycles. The van der Waals surface area contributed by atoms with Crippen molar-refractivity contribution in [3.05, 3.63) is 82.1 Å². The smallest absolute Gasteiger partial charge is 0.416 e. The second kappa shape index (κ2) is 8.11. The number of carbonyl (C=O) groups is 2. The van der Waals surface area contributed by atoms with Crippen LogP contribution in [0.1, 0.15) is 41.5 Å². The van der Waals surface area contributed by atoms with Crippen LogP contribution >= 0.6 is 0 Å². The lowest BCUT2D eigenvalue weighted by Crippen LogP contribution is -2.34. The zero-order chi connectivity index (χ0) is 21.2. The average Bonchev–Trinajstić information content (AvgIpc) is 2.66. The molecule has 1 atom stereocenters. The van der Waals surface area contributed by atoms with Gasteiger partial charge in [0.25, 0.3) is 0 Å². The molecule has 1 heterocycles. The zero-order valence-electron chi connectivity index (χ0n) is 16.0. The fourth-order valence-corrected chi connectivity index (χ4v) is 3.41. The van der Waals surface area contributed by atoms with Gasteiger partial charge in [0.05, 0.1) is 11.1 Å². The lowest BCUT2D eigenvalue weighted by Gasteiger charge is -2.28. The molecule has 0 radical (unpaired) electrons. The standard InChI is InChI=1S/C22H20F3NO3/c1-13-7-9-15(10-8-13)12-29-21(28)20-14(2)26-19(27)11-17(20)16-5-3-4-6-18(16)22(23,24)25/h3-10,17H,11-12H2,1-2H3,(H,26,27)/t17-/m1/s1. The minimum Gasteiger partial charge on any atom is -0.457 e. The zero-order valence-corrected chi connectivity index (χ0v) is 16.0. The van der Waals surface area contributed by atoms with Gasteiger partial charge in [-0.1, -0.05) is 48.0 Å². The molecule has 0 spiro atoms. The highest BCUT2D eigenvalue weighted by atomic mass is 19.4. The third-order valence-corrected chi connectivity index (χ3v) is 4.82. The molecule has 29 heavy (non-hydrogen) atoms. The Labute approximate surface area is 166 Å². The predicted octanol–water partition coefficient (Wildman–Crippen LogP) is 4.63. The van der Waals surface area contributed by atoms with Gasteiger partial charge in [-0.3, -0.25) is 4.79 Å². The van der Waals surface area contributed by atoms with Crippen molar-refractivity contribution in [3.8, 4) is 0 Å². The van der Waals surface area contributed by atoms with Crippen molar-refractivity contribution >= 4 is 11.9 Å². The van der Waals surface area contributed by atoms with E-state index in [4.69, 9.17) is 4.74 Å². The summed E-state index contributed by atoms with van der Waals surface area (Å²) in [4.78, 5) is 24.8. The lowest BCUT2D eigenvalue weighted by molar-refractivity contribution is -0.142. The number of benzene rings is 2. The molecule has 4 nitrogen and oxygen atoms in total. The molecule has 0 unspecified atom stereocenters. The van der Waals surface area contributed by atoms with Gasteiger partial charge < -0.3 is 10.1 Å². The van der Waals surface area contributed by atoms with Gasteiger partial charge in [0.2, 0.25) is 5.91 Å². The van der Waals surface area contributed by atoms with Crippen LogP contribution < -0.4 is 5.32 Å². The Morgan fingerprint density at radius 1 is 1.10 bits per heavy atom. The van der Waals surface area contributed by atoms with Crippen LogP contribution in [0.25, 0.3) is 0 Å². The van der Waals surface area contributed by atoms with Crippen molar-refractivity contribution in [3.63, 3.8) is 0 Å². The predicted molar refractivity (Wildman–Crippen MR) is 101 cm³/mol. The SMILES string of the molecule is CC1=C(C(=O)OCc2ccc(C)cc2)[C@@H](c2ccccc2C(F)(F)F)CC(=O)N1. The Hall–Kier alpha value is -3.09. The molecule has 2 aromatic rings. The van der Waals surface area contributed by atoms with Crippen LogP contribution in [0.3, 0.4) is 0 Å². The van der Waals surface area contributed by atoms with E-state index in [1.54, 1.807) is 0 Å². The summed E-state index contributed by atoms with van der Waals surface area (Å²) in [5, 5.41) is 2.53.